The molecule has 1 aromatic rings. The lowest BCUT2D eigenvalue weighted by molar-refractivity contribution is 0.181. The van der Waals surface area contributed by atoms with E-state index in [0.29, 0.717) is 16.8 Å². The van der Waals surface area contributed by atoms with E-state index in [1.54, 1.807) is 0 Å². The number of nitrogens with zero attached hydrogens (tertiary/aromatic N) is 1. The van der Waals surface area contributed by atoms with Gasteiger partial charge in [0.15, 0.2) is 0 Å². The molecule has 2 N–H and O–H groups in total. The second-order valence-electron chi connectivity index (χ2n) is 5.35. The molecule has 0 unspecified atom stereocenters. The number of halogens is 1. The zero-order chi connectivity index (χ0) is 15.5. The molecule has 21 heavy (non-hydrogen) atoms. The summed E-state index contributed by atoms with van der Waals surface area (Å²) in [6.07, 6.45) is 3.73. The molecule has 0 saturated carbocycles. The minimum Gasteiger partial charge on any atom is -0.491 e. The highest BCUT2D eigenvalue weighted by molar-refractivity contribution is 9.10. The van der Waals surface area contributed by atoms with Crippen LogP contribution in [0.2, 0.25) is 0 Å². The first-order valence-corrected chi connectivity index (χ1v) is 9.40. The molecule has 0 aliphatic carbocycles. The van der Waals surface area contributed by atoms with Crippen molar-refractivity contribution in [2.75, 3.05) is 26.2 Å². The van der Waals surface area contributed by atoms with Crippen LogP contribution in [0.4, 0.5) is 0 Å². The Morgan fingerprint density at radius 3 is 2.57 bits per heavy atom. The van der Waals surface area contributed by atoms with Crippen molar-refractivity contribution in [3.05, 3.63) is 22.2 Å². The number of likely N-dealkylation sites (tertiary alicyclic amines) is 1. The molecule has 7 heteroatoms. The van der Waals surface area contributed by atoms with Crippen LogP contribution >= 0.6 is 15.9 Å². The van der Waals surface area contributed by atoms with Crippen LogP contribution in [-0.2, 0) is 10.0 Å². The van der Waals surface area contributed by atoms with E-state index < -0.39 is 10.0 Å². The highest BCUT2D eigenvalue weighted by Crippen LogP contribution is 2.30. The van der Waals surface area contributed by atoms with Crippen LogP contribution in [0, 0.1) is 6.92 Å². The van der Waals surface area contributed by atoms with Crippen LogP contribution in [0.3, 0.4) is 0 Å². The fourth-order valence-electron chi connectivity index (χ4n) is 2.56. The zero-order valence-electron chi connectivity index (χ0n) is 12.1. The quantitative estimate of drug-likeness (QED) is 0.855. The standard InChI is InChI=1S/C14H21BrN2O3S/c1-11-9-12(15)10-13(21(16,18)19)14(11)20-8-7-17-5-3-2-4-6-17/h9-10H,2-8H2,1H3,(H2,16,18,19). The molecule has 0 bridgehead atoms. The molecule has 0 radical (unpaired) electrons. The Morgan fingerprint density at radius 1 is 1.29 bits per heavy atom. The first kappa shape index (κ1) is 16.7. The van der Waals surface area contributed by atoms with Crippen LogP contribution in [-0.4, -0.2) is 39.6 Å². The maximum absolute atomic E-state index is 11.7. The summed E-state index contributed by atoms with van der Waals surface area (Å²) in [4.78, 5) is 2.38. The van der Waals surface area contributed by atoms with Crippen molar-refractivity contribution < 1.29 is 13.2 Å². The summed E-state index contributed by atoms with van der Waals surface area (Å²) in [5.74, 6) is 0.359. The van der Waals surface area contributed by atoms with E-state index in [4.69, 9.17) is 9.88 Å². The predicted octanol–water partition coefficient (Wildman–Crippen LogP) is 2.27. The van der Waals surface area contributed by atoms with Crippen LogP contribution in [0.25, 0.3) is 0 Å². The summed E-state index contributed by atoms with van der Waals surface area (Å²) in [6, 6.07) is 3.31. The Kier molecular flexibility index (Phi) is 5.65. The maximum atomic E-state index is 11.7. The molecule has 0 spiro atoms. The maximum Gasteiger partial charge on any atom is 0.241 e. The Morgan fingerprint density at radius 2 is 1.95 bits per heavy atom. The van der Waals surface area contributed by atoms with Gasteiger partial charge in [-0.05, 0) is 50.6 Å². The zero-order valence-corrected chi connectivity index (χ0v) is 14.5. The monoisotopic (exact) mass is 376 g/mol. The number of sulfonamides is 1. The molecule has 1 saturated heterocycles. The van der Waals surface area contributed by atoms with Gasteiger partial charge in [0.25, 0.3) is 0 Å². The van der Waals surface area contributed by atoms with Gasteiger partial charge in [0.2, 0.25) is 10.0 Å². The lowest BCUT2D eigenvalue weighted by Crippen LogP contribution is -2.33. The Hall–Kier alpha value is -0.630. The average Bonchev–Trinajstić information content (AvgIpc) is 2.41. The third-order valence-corrected chi connectivity index (χ3v) is 4.99. The Balaban J connectivity index is 2.08. The second-order valence-corrected chi connectivity index (χ2v) is 7.79. The van der Waals surface area contributed by atoms with Crippen LogP contribution in [0.1, 0.15) is 24.8 Å². The van der Waals surface area contributed by atoms with E-state index in [1.807, 2.05) is 13.0 Å². The summed E-state index contributed by atoms with van der Waals surface area (Å²) >= 11 is 3.29. The number of benzene rings is 1. The van der Waals surface area contributed by atoms with Gasteiger partial charge < -0.3 is 4.74 Å². The lowest BCUT2D eigenvalue weighted by atomic mass is 10.1. The van der Waals surface area contributed by atoms with Gasteiger partial charge in [-0.2, -0.15) is 0 Å². The molecule has 5 nitrogen and oxygen atoms in total. The average molecular weight is 377 g/mol. The van der Waals surface area contributed by atoms with Gasteiger partial charge in [0.05, 0.1) is 0 Å². The smallest absolute Gasteiger partial charge is 0.241 e. The first-order chi connectivity index (χ1) is 9.88. The van der Waals surface area contributed by atoms with E-state index in [1.165, 1.54) is 25.3 Å². The van der Waals surface area contributed by atoms with Gasteiger partial charge >= 0.3 is 0 Å². The van der Waals surface area contributed by atoms with Crippen molar-refractivity contribution >= 4 is 26.0 Å². The SMILES string of the molecule is Cc1cc(Br)cc(S(N)(=O)=O)c1OCCN1CCCCC1. The molecular formula is C14H21BrN2O3S. The van der Waals surface area contributed by atoms with Crippen molar-refractivity contribution in [3.63, 3.8) is 0 Å². The Bertz CT molecular complexity index is 598. The summed E-state index contributed by atoms with van der Waals surface area (Å²) in [7, 11) is -3.80. The number of piperidine rings is 1. The number of primary sulfonamides is 1. The van der Waals surface area contributed by atoms with Gasteiger partial charge in [-0.3, -0.25) is 4.90 Å². The summed E-state index contributed by atoms with van der Waals surface area (Å²) in [6.45, 7) is 5.26. The number of hydrogen-bond acceptors (Lipinski definition) is 4. The summed E-state index contributed by atoms with van der Waals surface area (Å²) in [5, 5.41) is 5.27. The fraction of sp³-hybridized carbons (Fsp3) is 0.571. The van der Waals surface area contributed by atoms with Gasteiger partial charge in [0, 0.05) is 11.0 Å². The molecule has 1 heterocycles. The first-order valence-electron chi connectivity index (χ1n) is 7.06. The molecule has 118 valence electrons. The molecule has 1 aliphatic rings. The molecule has 1 fully saturated rings. The van der Waals surface area contributed by atoms with Crippen LogP contribution < -0.4 is 9.88 Å². The van der Waals surface area contributed by atoms with Crippen molar-refractivity contribution in [1.29, 1.82) is 0 Å². The van der Waals surface area contributed by atoms with Crippen molar-refractivity contribution in [1.82, 2.24) is 4.90 Å². The van der Waals surface area contributed by atoms with Gasteiger partial charge in [-0.25, -0.2) is 13.6 Å². The summed E-state index contributed by atoms with van der Waals surface area (Å²) < 4.78 is 29.8. The van der Waals surface area contributed by atoms with E-state index in [0.717, 1.165) is 25.2 Å². The summed E-state index contributed by atoms with van der Waals surface area (Å²) in [5.41, 5.74) is 0.757. The van der Waals surface area contributed by atoms with Gasteiger partial charge in [-0.15, -0.1) is 0 Å². The molecule has 0 atom stereocenters. The van der Waals surface area contributed by atoms with E-state index in [2.05, 4.69) is 20.8 Å². The molecule has 1 aromatic carbocycles. The van der Waals surface area contributed by atoms with E-state index >= 15 is 0 Å². The molecule has 2 rings (SSSR count). The molecule has 1 aliphatic heterocycles. The van der Waals surface area contributed by atoms with Crippen LogP contribution in [0.15, 0.2) is 21.5 Å². The van der Waals surface area contributed by atoms with Crippen LogP contribution in [0.5, 0.6) is 5.75 Å². The highest BCUT2D eigenvalue weighted by Gasteiger charge is 2.19. The normalized spacial score (nSPS) is 16.9. The second kappa shape index (κ2) is 7.09. The predicted molar refractivity (Wildman–Crippen MR) is 86.0 cm³/mol. The minimum absolute atomic E-state index is 0.0352. The van der Waals surface area contributed by atoms with Crippen molar-refractivity contribution in [2.24, 2.45) is 5.14 Å². The largest absolute Gasteiger partial charge is 0.491 e. The van der Waals surface area contributed by atoms with Crippen molar-refractivity contribution in [3.8, 4) is 5.75 Å². The van der Waals surface area contributed by atoms with Crippen molar-refractivity contribution in [2.45, 2.75) is 31.1 Å². The number of aryl methyl sites for hydroxylation is 1. The topological polar surface area (TPSA) is 72.6 Å². The van der Waals surface area contributed by atoms with E-state index in [9.17, 15) is 8.42 Å². The molecular weight excluding hydrogens is 356 g/mol. The molecule has 0 amide bonds. The number of hydrogen-bond donors (Lipinski definition) is 1. The third-order valence-electron chi connectivity index (χ3n) is 3.61. The number of ether oxygens (including phenoxy) is 1. The minimum atomic E-state index is -3.80. The van der Waals surface area contributed by atoms with E-state index in [-0.39, 0.29) is 4.90 Å². The van der Waals surface area contributed by atoms with Gasteiger partial charge in [-0.1, -0.05) is 22.4 Å². The van der Waals surface area contributed by atoms with Gasteiger partial charge in [0.1, 0.15) is 17.3 Å². The Labute approximate surface area is 134 Å². The molecule has 0 aromatic heterocycles. The fourth-order valence-corrected chi connectivity index (χ4v) is 4.05. The number of rotatable bonds is 5. The third kappa shape index (κ3) is 4.67. The lowest BCUT2D eigenvalue weighted by Gasteiger charge is -2.26. The number of nitrogens with two attached hydrogens (primary N) is 1. The highest BCUT2D eigenvalue weighted by atomic mass is 79.9.